The average Bonchev–Trinajstić information content (AvgIpc) is 2.45. The quantitative estimate of drug-likeness (QED) is 0.511. The number of hydrogen-bond donors (Lipinski definition) is 1. The van der Waals surface area contributed by atoms with Gasteiger partial charge in [-0.3, -0.25) is 0 Å². The highest BCUT2D eigenvalue weighted by Gasteiger charge is 2.04. The zero-order chi connectivity index (χ0) is 13.9. The standard InChI is InChI=1S/C16H27NOS/c1-4-10-17-14(3)15-8-6-9-16(13-15)19-12-7-11-18-5-2/h6,8-9,13-14,17H,4-5,7,10-12H2,1-3H3. The number of benzene rings is 1. The second-order valence-electron chi connectivity index (χ2n) is 4.65. The van der Waals surface area contributed by atoms with Gasteiger partial charge in [-0.15, -0.1) is 11.8 Å². The minimum atomic E-state index is 0.434. The maximum Gasteiger partial charge on any atom is 0.0473 e. The van der Waals surface area contributed by atoms with Crippen LogP contribution in [0.3, 0.4) is 0 Å². The lowest BCUT2D eigenvalue weighted by molar-refractivity contribution is 0.149. The molecule has 0 saturated carbocycles. The summed E-state index contributed by atoms with van der Waals surface area (Å²) in [5.74, 6) is 1.13. The molecule has 2 nitrogen and oxygen atoms in total. The van der Waals surface area contributed by atoms with Crippen molar-refractivity contribution in [1.82, 2.24) is 5.32 Å². The molecule has 108 valence electrons. The molecular formula is C16H27NOS. The van der Waals surface area contributed by atoms with Gasteiger partial charge < -0.3 is 10.1 Å². The number of nitrogens with one attached hydrogen (secondary N) is 1. The van der Waals surface area contributed by atoms with Crippen molar-refractivity contribution in [3.05, 3.63) is 29.8 Å². The van der Waals surface area contributed by atoms with E-state index in [0.29, 0.717) is 6.04 Å². The van der Waals surface area contributed by atoms with Crippen LogP contribution in [0.15, 0.2) is 29.2 Å². The van der Waals surface area contributed by atoms with Gasteiger partial charge in [0, 0.05) is 29.9 Å². The third kappa shape index (κ3) is 7.00. The maximum atomic E-state index is 5.35. The van der Waals surface area contributed by atoms with Crippen LogP contribution in [-0.2, 0) is 4.74 Å². The van der Waals surface area contributed by atoms with Crippen LogP contribution < -0.4 is 5.32 Å². The summed E-state index contributed by atoms with van der Waals surface area (Å²) < 4.78 is 5.35. The molecule has 3 heteroatoms. The molecule has 0 spiro atoms. The molecule has 0 aliphatic heterocycles. The van der Waals surface area contributed by atoms with Crippen LogP contribution in [0.2, 0.25) is 0 Å². The van der Waals surface area contributed by atoms with Gasteiger partial charge in [-0.2, -0.15) is 0 Å². The highest BCUT2D eigenvalue weighted by Crippen LogP contribution is 2.23. The van der Waals surface area contributed by atoms with Gasteiger partial charge in [-0.05, 0) is 50.9 Å². The zero-order valence-electron chi connectivity index (χ0n) is 12.4. The van der Waals surface area contributed by atoms with Gasteiger partial charge in [0.15, 0.2) is 0 Å². The lowest BCUT2D eigenvalue weighted by Crippen LogP contribution is -2.19. The Morgan fingerprint density at radius 2 is 2.16 bits per heavy atom. The number of rotatable bonds is 10. The van der Waals surface area contributed by atoms with Crippen molar-refractivity contribution in [2.45, 2.75) is 44.6 Å². The third-order valence-electron chi connectivity index (χ3n) is 2.96. The van der Waals surface area contributed by atoms with E-state index in [1.165, 1.54) is 16.9 Å². The molecule has 1 N–H and O–H groups in total. The van der Waals surface area contributed by atoms with E-state index in [9.17, 15) is 0 Å². The third-order valence-corrected chi connectivity index (χ3v) is 4.04. The van der Waals surface area contributed by atoms with Crippen LogP contribution in [-0.4, -0.2) is 25.5 Å². The lowest BCUT2D eigenvalue weighted by atomic mass is 10.1. The Labute approximate surface area is 122 Å². The van der Waals surface area contributed by atoms with E-state index in [4.69, 9.17) is 4.74 Å². The molecule has 0 aromatic heterocycles. The molecule has 1 aromatic carbocycles. The molecule has 1 atom stereocenters. The van der Waals surface area contributed by atoms with E-state index < -0.39 is 0 Å². The summed E-state index contributed by atoms with van der Waals surface area (Å²) in [4.78, 5) is 1.36. The first-order valence-corrected chi connectivity index (χ1v) is 8.30. The first-order valence-electron chi connectivity index (χ1n) is 7.31. The Bertz CT molecular complexity index is 343. The first kappa shape index (κ1) is 16.5. The summed E-state index contributed by atoms with van der Waals surface area (Å²) in [6.45, 7) is 9.24. The minimum Gasteiger partial charge on any atom is -0.382 e. The molecule has 0 bridgehead atoms. The summed E-state index contributed by atoms with van der Waals surface area (Å²) in [6, 6.07) is 9.30. The number of hydrogen-bond acceptors (Lipinski definition) is 3. The fourth-order valence-electron chi connectivity index (χ4n) is 1.85. The van der Waals surface area contributed by atoms with Crippen molar-refractivity contribution in [3.8, 4) is 0 Å². The Morgan fingerprint density at radius 3 is 2.89 bits per heavy atom. The lowest BCUT2D eigenvalue weighted by Gasteiger charge is -2.14. The van der Waals surface area contributed by atoms with E-state index >= 15 is 0 Å². The van der Waals surface area contributed by atoms with Crippen molar-refractivity contribution < 1.29 is 4.74 Å². The molecule has 0 amide bonds. The van der Waals surface area contributed by atoms with E-state index in [1.54, 1.807) is 0 Å². The zero-order valence-corrected chi connectivity index (χ0v) is 13.3. The van der Waals surface area contributed by atoms with Crippen LogP contribution in [0.4, 0.5) is 0 Å². The van der Waals surface area contributed by atoms with Gasteiger partial charge in [-0.25, -0.2) is 0 Å². The van der Waals surface area contributed by atoms with Gasteiger partial charge in [0.25, 0.3) is 0 Å². The Balaban J connectivity index is 2.38. The van der Waals surface area contributed by atoms with Crippen molar-refractivity contribution >= 4 is 11.8 Å². The number of ether oxygens (including phenoxy) is 1. The summed E-state index contributed by atoms with van der Waals surface area (Å²) in [6.07, 6.45) is 2.29. The smallest absolute Gasteiger partial charge is 0.0473 e. The molecule has 0 heterocycles. The van der Waals surface area contributed by atoms with Crippen molar-refractivity contribution in [2.24, 2.45) is 0 Å². The average molecular weight is 281 g/mol. The van der Waals surface area contributed by atoms with Crippen LogP contribution in [0.25, 0.3) is 0 Å². The molecule has 0 fully saturated rings. The predicted octanol–water partition coefficient (Wildman–Crippen LogP) is 4.27. The predicted molar refractivity (Wildman–Crippen MR) is 85.0 cm³/mol. The van der Waals surface area contributed by atoms with Crippen molar-refractivity contribution in [3.63, 3.8) is 0 Å². The molecule has 19 heavy (non-hydrogen) atoms. The van der Waals surface area contributed by atoms with E-state index in [1.807, 2.05) is 18.7 Å². The maximum absolute atomic E-state index is 5.35. The molecule has 0 radical (unpaired) electrons. The van der Waals surface area contributed by atoms with Crippen molar-refractivity contribution in [1.29, 1.82) is 0 Å². The molecular weight excluding hydrogens is 254 g/mol. The van der Waals surface area contributed by atoms with E-state index in [2.05, 4.69) is 43.4 Å². The van der Waals surface area contributed by atoms with Gasteiger partial charge >= 0.3 is 0 Å². The van der Waals surface area contributed by atoms with Gasteiger partial charge in [0.2, 0.25) is 0 Å². The molecule has 0 saturated heterocycles. The fraction of sp³-hybridized carbons (Fsp3) is 0.625. The minimum absolute atomic E-state index is 0.434. The van der Waals surface area contributed by atoms with Crippen LogP contribution in [0.1, 0.15) is 45.2 Å². The van der Waals surface area contributed by atoms with E-state index in [0.717, 1.165) is 31.9 Å². The molecule has 1 rings (SSSR count). The topological polar surface area (TPSA) is 21.3 Å². The Hall–Kier alpha value is -0.510. The summed E-state index contributed by atoms with van der Waals surface area (Å²) in [5, 5.41) is 3.53. The molecule has 0 aliphatic carbocycles. The van der Waals surface area contributed by atoms with Gasteiger partial charge in [-0.1, -0.05) is 19.1 Å². The molecule has 0 aliphatic rings. The van der Waals surface area contributed by atoms with Gasteiger partial charge in [0.05, 0.1) is 0 Å². The normalized spacial score (nSPS) is 12.6. The number of thioether (sulfide) groups is 1. The summed E-state index contributed by atoms with van der Waals surface area (Å²) in [7, 11) is 0. The Morgan fingerprint density at radius 1 is 1.32 bits per heavy atom. The fourth-order valence-corrected chi connectivity index (χ4v) is 2.74. The SMILES string of the molecule is CCCNC(C)c1cccc(SCCCOCC)c1. The second kappa shape index (κ2) is 10.3. The second-order valence-corrected chi connectivity index (χ2v) is 5.82. The van der Waals surface area contributed by atoms with Crippen molar-refractivity contribution in [2.75, 3.05) is 25.5 Å². The summed E-state index contributed by atoms with van der Waals surface area (Å²) in [5.41, 5.74) is 1.38. The molecule has 1 aromatic rings. The summed E-state index contributed by atoms with van der Waals surface area (Å²) >= 11 is 1.92. The van der Waals surface area contributed by atoms with Gasteiger partial charge in [0.1, 0.15) is 0 Å². The highest BCUT2D eigenvalue weighted by atomic mass is 32.2. The molecule has 1 unspecified atom stereocenters. The largest absolute Gasteiger partial charge is 0.382 e. The first-order chi connectivity index (χ1) is 9.27. The monoisotopic (exact) mass is 281 g/mol. The van der Waals surface area contributed by atoms with Crippen LogP contribution >= 0.6 is 11.8 Å². The van der Waals surface area contributed by atoms with E-state index in [-0.39, 0.29) is 0 Å². The Kier molecular flexibility index (Phi) is 8.97. The van der Waals surface area contributed by atoms with Crippen LogP contribution in [0, 0.1) is 0 Å². The van der Waals surface area contributed by atoms with Crippen LogP contribution in [0.5, 0.6) is 0 Å². The highest BCUT2D eigenvalue weighted by molar-refractivity contribution is 7.99.